The third-order valence-corrected chi connectivity index (χ3v) is 3.64. The lowest BCUT2D eigenvalue weighted by atomic mass is 10.1. The molecule has 0 aliphatic rings. The summed E-state index contributed by atoms with van der Waals surface area (Å²) >= 11 is 3.42. The monoisotopic (exact) mass is 308 g/mol. The summed E-state index contributed by atoms with van der Waals surface area (Å²) in [5.41, 5.74) is 1.70. The quantitative estimate of drug-likeness (QED) is 0.854. The summed E-state index contributed by atoms with van der Waals surface area (Å²) in [6.45, 7) is 6.35. The van der Waals surface area contributed by atoms with Crippen molar-refractivity contribution >= 4 is 21.8 Å². The molecule has 0 unspecified atom stereocenters. The lowest BCUT2D eigenvalue weighted by Crippen LogP contribution is -2.37. The van der Waals surface area contributed by atoms with E-state index in [0.29, 0.717) is 18.5 Å². The van der Waals surface area contributed by atoms with E-state index in [4.69, 9.17) is 5.26 Å². The lowest BCUT2D eigenvalue weighted by molar-refractivity contribution is 0.0710. The van der Waals surface area contributed by atoms with Crippen molar-refractivity contribution in [3.05, 3.63) is 33.8 Å². The van der Waals surface area contributed by atoms with Crippen LogP contribution in [0.25, 0.3) is 0 Å². The van der Waals surface area contributed by atoms with Crippen LogP contribution < -0.4 is 0 Å². The Morgan fingerprint density at radius 1 is 1.50 bits per heavy atom. The minimum absolute atomic E-state index is 0.0177. The Morgan fingerprint density at radius 3 is 2.67 bits per heavy atom. The number of rotatable bonds is 4. The van der Waals surface area contributed by atoms with Gasteiger partial charge < -0.3 is 4.90 Å². The van der Waals surface area contributed by atoms with Crippen LogP contribution in [0, 0.1) is 18.3 Å². The second kappa shape index (κ2) is 6.55. The third-order valence-electron chi connectivity index (χ3n) is 2.75. The molecule has 1 rings (SSSR count). The Hall–Kier alpha value is -1.34. The Kier molecular flexibility index (Phi) is 5.36. The van der Waals surface area contributed by atoms with Gasteiger partial charge in [0.05, 0.1) is 12.5 Å². The van der Waals surface area contributed by atoms with Crippen molar-refractivity contribution < 1.29 is 4.79 Å². The van der Waals surface area contributed by atoms with Crippen LogP contribution in [0.1, 0.15) is 36.2 Å². The predicted molar refractivity (Wildman–Crippen MR) is 75.3 cm³/mol. The molecule has 0 atom stereocenters. The van der Waals surface area contributed by atoms with E-state index in [1.165, 1.54) is 0 Å². The van der Waals surface area contributed by atoms with Crippen molar-refractivity contribution in [2.24, 2.45) is 0 Å². The molecule has 0 saturated carbocycles. The maximum Gasteiger partial charge on any atom is 0.254 e. The highest BCUT2D eigenvalue weighted by Crippen LogP contribution is 2.19. The van der Waals surface area contributed by atoms with Crippen LogP contribution in [0.2, 0.25) is 0 Å². The fourth-order valence-electron chi connectivity index (χ4n) is 1.71. The molecule has 0 aromatic heterocycles. The molecule has 0 aliphatic carbocycles. The first-order valence-electron chi connectivity index (χ1n) is 5.91. The largest absolute Gasteiger partial charge is 0.335 e. The standard InChI is InChI=1S/C14H17BrN2O/c1-10(2)17(8-4-7-16)14(18)12-5-6-13(15)11(3)9-12/h5-6,9-10H,4,8H2,1-3H3. The van der Waals surface area contributed by atoms with E-state index in [0.717, 1.165) is 10.0 Å². The summed E-state index contributed by atoms with van der Waals surface area (Å²) < 4.78 is 0.993. The van der Waals surface area contributed by atoms with Gasteiger partial charge in [-0.3, -0.25) is 4.79 Å². The number of hydrogen-bond acceptors (Lipinski definition) is 2. The highest BCUT2D eigenvalue weighted by atomic mass is 79.9. The van der Waals surface area contributed by atoms with Gasteiger partial charge in [-0.15, -0.1) is 0 Å². The Balaban J connectivity index is 2.95. The number of benzene rings is 1. The molecule has 0 N–H and O–H groups in total. The van der Waals surface area contributed by atoms with Gasteiger partial charge in [-0.1, -0.05) is 15.9 Å². The van der Waals surface area contributed by atoms with Gasteiger partial charge in [-0.2, -0.15) is 5.26 Å². The van der Waals surface area contributed by atoms with Crippen molar-refractivity contribution in [3.8, 4) is 6.07 Å². The smallest absolute Gasteiger partial charge is 0.254 e. The maximum absolute atomic E-state index is 12.4. The van der Waals surface area contributed by atoms with Crippen LogP contribution in [0.15, 0.2) is 22.7 Å². The van der Waals surface area contributed by atoms with Gasteiger partial charge in [0.2, 0.25) is 0 Å². The molecule has 0 fully saturated rings. The molecule has 1 amide bonds. The van der Waals surface area contributed by atoms with Crippen LogP contribution in [0.4, 0.5) is 0 Å². The zero-order valence-electron chi connectivity index (χ0n) is 10.9. The van der Waals surface area contributed by atoms with Crippen LogP contribution in [0.5, 0.6) is 0 Å². The number of nitriles is 1. The molecule has 1 aromatic rings. The molecule has 0 spiro atoms. The van der Waals surface area contributed by atoms with E-state index < -0.39 is 0 Å². The SMILES string of the molecule is Cc1cc(C(=O)N(CCC#N)C(C)C)ccc1Br. The molecule has 1 aromatic carbocycles. The second-order valence-electron chi connectivity index (χ2n) is 4.46. The van der Waals surface area contributed by atoms with Crippen molar-refractivity contribution in [1.82, 2.24) is 4.90 Å². The summed E-state index contributed by atoms with van der Waals surface area (Å²) in [5.74, 6) is -0.0177. The average Bonchev–Trinajstić information content (AvgIpc) is 2.32. The van der Waals surface area contributed by atoms with E-state index in [-0.39, 0.29) is 11.9 Å². The molecule has 0 heterocycles. The summed E-state index contributed by atoms with van der Waals surface area (Å²) in [7, 11) is 0. The summed E-state index contributed by atoms with van der Waals surface area (Å²) in [4.78, 5) is 14.1. The highest BCUT2D eigenvalue weighted by molar-refractivity contribution is 9.10. The Labute approximate surface area is 117 Å². The molecule has 96 valence electrons. The van der Waals surface area contributed by atoms with Gasteiger partial charge in [-0.25, -0.2) is 0 Å². The van der Waals surface area contributed by atoms with Crippen LogP contribution in [0.3, 0.4) is 0 Å². The average molecular weight is 309 g/mol. The van der Waals surface area contributed by atoms with Crippen LogP contribution in [-0.2, 0) is 0 Å². The van der Waals surface area contributed by atoms with Gasteiger partial charge >= 0.3 is 0 Å². The summed E-state index contributed by atoms with van der Waals surface area (Å²) in [6, 6.07) is 7.73. The first-order chi connectivity index (χ1) is 8.47. The molecular formula is C14H17BrN2O. The molecule has 0 aliphatic heterocycles. The van der Waals surface area contributed by atoms with Gasteiger partial charge in [-0.05, 0) is 44.5 Å². The first kappa shape index (κ1) is 14.7. The fourth-order valence-corrected chi connectivity index (χ4v) is 1.95. The number of carbonyl (C=O) groups is 1. The van der Waals surface area contributed by atoms with Crippen LogP contribution >= 0.6 is 15.9 Å². The minimum Gasteiger partial charge on any atom is -0.335 e. The van der Waals surface area contributed by atoms with Gasteiger partial charge in [0.25, 0.3) is 5.91 Å². The van der Waals surface area contributed by atoms with Crippen molar-refractivity contribution in [1.29, 1.82) is 5.26 Å². The van der Waals surface area contributed by atoms with Crippen molar-refractivity contribution in [2.75, 3.05) is 6.54 Å². The predicted octanol–water partition coefficient (Wildman–Crippen LogP) is 3.52. The first-order valence-corrected chi connectivity index (χ1v) is 6.70. The minimum atomic E-state index is -0.0177. The highest BCUT2D eigenvalue weighted by Gasteiger charge is 2.18. The number of nitrogens with zero attached hydrogens (tertiary/aromatic N) is 2. The molecule has 0 radical (unpaired) electrons. The number of carbonyl (C=O) groups excluding carboxylic acids is 1. The molecular weight excluding hydrogens is 292 g/mol. The van der Waals surface area contributed by atoms with E-state index in [9.17, 15) is 4.79 Å². The normalized spacial score (nSPS) is 10.2. The number of amides is 1. The third kappa shape index (κ3) is 3.58. The summed E-state index contributed by atoms with van der Waals surface area (Å²) in [6.07, 6.45) is 0.361. The van der Waals surface area contributed by atoms with Gasteiger partial charge in [0.15, 0.2) is 0 Å². The Bertz CT molecular complexity index is 477. The van der Waals surface area contributed by atoms with E-state index in [2.05, 4.69) is 22.0 Å². The van der Waals surface area contributed by atoms with Gasteiger partial charge in [0, 0.05) is 22.6 Å². The lowest BCUT2D eigenvalue weighted by Gasteiger charge is -2.26. The molecule has 0 saturated heterocycles. The zero-order chi connectivity index (χ0) is 13.7. The zero-order valence-corrected chi connectivity index (χ0v) is 12.5. The fraction of sp³-hybridized carbons (Fsp3) is 0.429. The topological polar surface area (TPSA) is 44.1 Å². The van der Waals surface area contributed by atoms with E-state index in [1.807, 2.05) is 32.9 Å². The van der Waals surface area contributed by atoms with Crippen molar-refractivity contribution in [3.63, 3.8) is 0 Å². The molecule has 3 nitrogen and oxygen atoms in total. The van der Waals surface area contributed by atoms with E-state index >= 15 is 0 Å². The van der Waals surface area contributed by atoms with Gasteiger partial charge in [0.1, 0.15) is 0 Å². The summed E-state index contributed by atoms with van der Waals surface area (Å²) in [5, 5.41) is 8.64. The number of halogens is 1. The number of aryl methyl sites for hydroxylation is 1. The molecule has 18 heavy (non-hydrogen) atoms. The number of hydrogen-bond donors (Lipinski definition) is 0. The van der Waals surface area contributed by atoms with E-state index in [1.54, 1.807) is 11.0 Å². The maximum atomic E-state index is 12.4. The second-order valence-corrected chi connectivity index (χ2v) is 5.32. The van der Waals surface area contributed by atoms with Crippen LogP contribution in [-0.4, -0.2) is 23.4 Å². The molecule has 0 bridgehead atoms. The Morgan fingerprint density at radius 2 is 2.17 bits per heavy atom. The molecule has 4 heteroatoms. The van der Waals surface area contributed by atoms with Crippen molar-refractivity contribution in [2.45, 2.75) is 33.2 Å².